The number of aromatic nitrogens is 2. The van der Waals surface area contributed by atoms with E-state index < -0.39 is 31.0 Å². The van der Waals surface area contributed by atoms with E-state index in [1.165, 1.54) is 30.7 Å². The van der Waals surface area contributed by atoms with Gasteiger partial charge in [0.15, 0.2) is 0 Å². The largest absolute Gasteiger partial charge is 0.481 e. The van der Waals surface area contributed by atoms with Crippen molar-refractivity contribution in [2.75, 3.05) is 26.1 Å². The quantitative estimate of drug-likeness (QED) is 0.562. The van der Waals surface area contributed by atoms with Crippen molar-refractivity contribution in [1.82, 2.24) is 19.0 Å². The van der Waals surface area contributed by atoms with Gasteiger partial charge in [-0.1, -0.05) is 25.5 Å². The fraction of sp³-hybridized carbons (Fsp3) is 0.389. The zero-order chi connectivity index (χ0) is 23.5. The van der Waals surface area contributed by atoms with E-state index >= 15 is 0 Å². The maximum Gasteiger partial charge on any atom is 0.335 e. The first-order chi connectivity index (χ1) is 15.1. The number of carbonyl (C=O) groups excluding carboxylic acids is 1. The van der Waals surface area contributed by atoms with Crippen molar-refractivity contribution in [1.29, 1.82) is 0 Å². The zero-order valence-corrected chi connectivity index (χ0v) is 19.3. The molecule has 2 heterocycles. The van der Waals surface area contributed by atoms with E-state index in [9.17, 15) is 21.6 Å². The summed E-state index contributed by atoms with van der Waals surface area (Å²) in [7, 11) is -5.87. The molecule has 0 saturated carbocycles. The predicted octanol–water partition coefficient (Wildman–Crippen LogP) is 1.31. The number of methoxy groups -OCH3 is 2. The highest BCUT2D eigenvalue weighted by Crippen LogP contribution is 2.35. The van der Waals surface area contributed by atoms with Gasteiger partial charge in [-0.3, -0.25) is 5.32 Å². The van der Waals surface area contributed by atoms with E-state index in [0.29, 0.717) is 12.0 Å². The van der Waals surface area contributed by atoms with Gasteiger partial charge in [-0.05, 0) is 18.1 Å². The van der Waals surface area contributed by atoms with Crippen LogP contribution < -0.4 is 19.5 Å². The number of carbonyl (C=O) groups is 1. The lowest BCUT2D eigenvalue weighted by Gasteiger charge is -2.15. The average Bonchev–Trinajstić information content (AvgIpc) is 3.01. The van der Waals surface area contributed by atoms with E-state index in [-0.39, 0.29) is 35.7 Å². The maximum absolute atomic E-state index is 13.0. The maximum atomic E-state index is 13.0. The Hall–Kier alpha value is -2.97. The Balaban J connectivity index is 1.87. The van der Waals surface area contributed by atoms with Gasteiger partial charge in [-0.15, -0.1) is 0 Å². The minimum absolute atomic E-state index is 0.0741. The SMILES string of the molecule is CCCCN1Cc2cccc(S(=O)(=O)NC(=O)Nc3nc(OC)cc(OC)n3)c2S1(=O)=O. The molecule has 2 aromatic rings. The lowest BCUT2D eigenvalue weighted by molar-refractivity contribution is 0.256. The third kappa shape index (κ3) is 4.76. The Kier molecular flexibility index (Phi) is 6.85. The van der Waals surface area contributed by atoms with E-state index in [1.54, 1.807) is 10.8 Å². The number of rotatable bonds is 8. The number of hydrogen-bond donors (Lipinski definition) is 2. The Morgan fingerprint density at radius 3 is 2.44 bits per heavy atom. The van der Waals surface area contributed by atoms with Crippen LogP contribution in [0.25, 0.3) is 0 Å². The van der Waals surface area contributed by atoms with Gasteiger partial charge in [0.05, 0.1) is 20.3 Å². The number of hydrogen-bond acceptors (Lipinski definition) is 9. The molecule has 14 heteroatoms. The summed E-state index contributed by atoms with van der Waals surface area (Å²) in [6, 6.07) is 4.30. The van der Waals surface area contributed by atoms with Gasteiger partial charge < -0.3 is 9.47 Å². The second kappa shape index (κ2) is 9.26. The van der Waals surface area contributed by atoms with Crippen molar-refractivity contribution in [3.05, 3.63) is 29.8 Å². The van der Waals surface area contributed by atoms with Crippen molar-refractivity contribution in [2.45, 2.75) is 36.1 Å². The lowest BCUT2D eigenvalue weighted by Crippen LogP contribution is -2.36. The predicted molar refractivity (Wildman–Crippen MR) is 113 cm³/mol. The number of amides is 2. The first-order valence-corrected chi connectivity index (χ1v) is 12.5. The van der Waals surface area contributed by atoms with Crippen LogP contribution in [-0.4, -0.2) is 57.9 Å². The molecule has 0 saturated heterocycles. The number of anilines is 1. The summed E-state index contributed by atoms with van der Waals surface area (Å²) in [6.07, 6.45) is 1.42. The molecule has 12 nitrogen and oxygen atoms in total. The van der Waals surface area contributed by atoms with Crippen LogP contribution in [0.4, 0.5) is 10.7 Å². The fourth-order valence-electron chi connectivity index (χ4n) is 3.10. The summed E-state index contributed by atoms with van der Waals surface area (Å²) in [6.45, 7) is 2.27. The van der Waals surface area contributed by atoms with Crippen LogP contribution in [0.1, 0.15) is 25.3 Å². The number of ether oxygens (including phenoxy) is 2. The van der Waals surface area contributed by atoms with E-state index in [4.69, 9.17) is 9.47 Å². The highest BCUT2D eigenvalue weighted by molar-refractivity contribution is 7.93. The number of unbranched alkanes of at least 4 members (excludes halogenated alkanes) is 1. The van der Waals surface area contributed by atoms with Crippen LogP contribution in [0, 0.1) is 0 Å². The standard InChI is InChI=1S/C18H23N5O7S2/c1-4-5-9-23-11-12-7-6-8-13(16(12)32(23,27)28)31(25,26)22-18(24)21-17-19-14(29-2)10-15(20-17)30-3/h6-8,10H,4-5,9,11H2,1-3H3,(H2,19,20,21,22,24). The summed E-state index contributed by atoms with van der Waals surface area (Å²) < 4.78 is 64.7. The van der Waals surface area contributed by atoms with Crippen molar-refractivity contribution >= 4 is 32.0 Å². The van der Waals surface area contributed by atoms with E-state index in [0.717, 1.165) is 12.5 Å². The summed E-state index contributed by atoms with van der Waals surface area (Å²) in [5.74, 6) is -0.117. The van der Waals surface area contributed by atoms with E-state index in [1.807, 2.05) is 6.92 Å². The molecule has 1 aliphatic heterocycles. The molecule has 0 aliphatic carbocycles. The van der Waals surface area contributed by atoms with Gasteiger partial charge in [0.1, 0.15) is 9.79 Å². The number of nitrogens with one attached hydrogen (secondary N) is 2. The third-order valence-corrected chi connectivity index (χ3v) is 8.10. The van der Waals surface area contributed by atoms with Crippen LogP contribution in [0.3, 0.4) is 0 Å². The van der Waals surface area contributed by atoms with Gasteiger partial charge in [-0.2, -0.15) is 14.3 Å². The highest BCUT2D eigenvalue weighted by atomic mass is 32.2. The summed E-state index contributed by atoms with van der Waals surface area (Å²) >= 11 is 0. The molecule has 0 atom stereocenters. The molecule has 1 aliphatic rings. The smallest absolute Gasteiger partial charge is 0.335 e. The monoisotopic (exact) mass is 485 g/mol. The third-order valence-electron chi connectivity index (χ3n) is 4.61. The second-order valence-electron chi connectivity index (χ2n) is 6.77. The van der Waals surface area contributed by atoms with Crippen LogP contribution >= 0.6 is 0 Å². The van der Waals surface area contributed by atoms with Gasteiger partial charge in [0, 0.05) is 13.1 Å². The van der Waals surface area contributed by atoms with Crippen LogP contribution in [0.15, 0.2) is 34.1 Å². The molecule has 0 spiro atoms. The van der Waals surface area contributed by atoms with Gasteiger partial charge >= 0.3 is 6.03 Å². The van der Waals surface area contributed by atoms with Crippen LogP contribution in [0.2, 0.25) is 0 Å². The highest BCUT2D eigenvalue weighted by Gasteiger charge is 2.39. The van der Waals surface area contributed by atoms with E-state index in [2.05, 4.69) is 15.3 Å². The van der Waals surface area contributed by atoms with Gasteiger partial charge in [0.25, 0.3) is 10.0 Å². The molecule has 0 radical (unpaired) electrons. The van der Waals surface area contributed by atoms with Gasteiger partial charge in [-0.25, -0.2) is 26.4 Å². The first-order valence-electron chi connectivity index (χ1n) is 9.55. The topological polar surface area (TPSA) is 157 Å². The van der Waals surface area contributed by atoms with Crippen molar-refractivity contribution in [2.24, 2.45) is 0 Å². The molecule has 1 aromatic heterocycles. The Labute approximate surface area is 186 Å². The zero-order valence-electron chi connectivity index (χ0n) is 17.7. The molecule has 1 aromatic carbocycles. The average molecular weight is 486 g/mol. The van der Waals surface area contributed by atoms with Crippen molar-refractivity contribution < 1.29 is 31.1 Å². The molecule has 3 rings (SSSR count). The molecular formula is C18H23N5O7S2. The van der Waals surface area contributed by atoms with Crippen LogP contribution in [0.5, 0.6) is 11.8 Å². The second-order valence-corrected chi connectivity index (χ2v) is 10.3. The summed E-state index contributed by atoms with van der Waals surface area (Å²) in [5.41, 5.74) is 0.352. The Morgan fingerprint density at radius 2 is 1.84 bits per heavy atom. The Morgan fingerprint density at radius 1 is 1.19 bits per heavy atom. The number of sulfonamides is 2. The number of urea groups is 1. The minimum Gasteiger partial charge on any atom is -0.481 e. The molecule has 0 bridgehead atoms. The van der Waals surface area contributed by atoms with Crippen LogP contribution in [-0.2, 0) is 26.6 Å². The molecular weight excluding hydrogens is 462 g/mol. The van der Waals surface area contributed by atoms with Crippen molar-refractivity contribution in [3.8, 4) is 11.8 Å². The minimum atomic E-state index is -4.54. The molecule has 0 unspecified atom stereocenters. The molecule has 2 N–H and O–H groups in total. The fourth-order valence-corrected chi connectivity index (χ4v) is 6.51. The molecule has 32 heavy (non-hydrogen) atoms. The number of benzene rings is 1. The van der Waals surface area contributed by atoms with Crippen molar-refractivity contribution in [3.63, 3.8) is 0 Å². The number of nitrogens with zero attached hydrogens (tertiary/aromatic N) is 3. The first kappa shape index (κ1) is 23.7. The molecule has 174 valence electrons. The lowest BCUT2D eigenvalue weighted by atomic mass is 10.2. The molecule has 2 amide bonds. The Bertz CT molecular complexity index is 1210. The summed E-state index contributed by atoms with van der Waals surface area (Å²) in [5, 5.41) is 2.17. The number of fused-ring (bicyclic) bond motifs is 1. The van der Waals surface area contributed by atoms with Gasteiger partial charge in [0.2, 0.25) is 27.7 Å². The molecule has 0 fully saturated rings. The normalized spacial score (nSPS) is 15.1. The summed E-state index contributed by atoms with van der Waals surface area (Å²) in [4.78, 5) is 19.3.